The molecule has 8 heteroatoms. The second kappa shape index (κ2) is 5.73. The Labute approximate surface area is 165 Å². The minimum absolute atomic E-state index is 0.134. The van der Waals surface area contributed by atoms with Crippen molar-refractivity contribution in [2.24, 2.45) is 7.05 Å². The second-order valence-electron chi connectivity index (χ2n) is 7.83. The molecule has 0 saturated carbocycles. The molecule has 1 aliphatic rings. The zero-order valence-corrected chi connectivity index (χ0v) is 16.6. The third-order valence-electron chi connectivity index (χ3n) is 5.53. The van der Waals surface area contributed by atoms with E-state index >= 15 is 0 Å². The summed E-state index contributed by atoms with van der Waals surface area (Å²) < 4.78 is 16.7. The van der Waals surface area contributed by atoms with Gasteiger partial charge in [-0.2, -0.15) is 0 Å². The number of pyridine rings is 2. The lowest BCUT2D eigenvalue weighted by Gasteiger charge is -2.24. The molecule has 0 fully saturated rings. The Morgan fingerprint density at radius 2 is 2.03 bits per heavy atom. The Bertz CT molecular complexity index is 1420. The van der Waals surface area contributed by atoms with Crippen molar-refractivity contribution in [3.63, 3.8) is 0 Å². The third kappa shape index (κ3) is 2.22. The summed E-state index contributed by atoms with van der Waals surface area (Å²) in [6, 6.07) is 6.71. The highest BCUT2D eigenvalue weighted by molar-refractivity contribution is 6.08. The normalized spacial score (nSPS) is 14.9. The highest BCUT2D eigenvalue weighted by Gasteiger charge is 2.34. The number of benzene rings is 1. The number of ether oxygens (including phenoxy) is 2. The molecule has 148 valence electrons. The van der Waals surface area contributed by atoms with Gasteiger partial charge in [0.1, 0.15) is 18.0 Å². The molecule has 0 aliphatic carbocycles. The predicted molar refractivity (Wildman–Crippen MR) is 109 cm³/mol. The summed E-state index contributed by atoms with van der Waals surface area (Å²) in [5.41, 5.74) is 1.64. The van der Waals surface area contributed by atoms with Crippen LogP contribution in [0.15, 0.2) is 46.2 Å². The van der Waals surface area contributed by atoms with Crippen LogP contribution in [0, 0.1) is 0 Å². The lowest BCUT2D eigenvalue weighted by atomic mass is 10.1. The molecular weight excluding hydrogens is 372 g/mol. The standard InChI is InChI=1S/C21H20N4O4/c1-21(2)11-29-19-16-12(22-10-13-17(16)25(21)20(27)23(13)3)9-14(28-4)18(19)24-8-6-5-7-15(24)26/h5-10H,11H2,1-4H3. The summed E-state index contributed by atoms with van der Waals surface area (Å²) in [5.74, 6) is 0.952. The van der Waals surface area contributed by atoms with E-state index in [1.165, 1.54) is 10.6 Å². The predicted octanol–water partition coefficient (Wildman–Crippen LogP) is 2.18. The van der Waals surface area contributed by atoms with Crippen LogP contribution in [0.3, 0.4) is 0 Å². The highest BCUT2D eigenvalue weighted by atomic mass is 16.5. The average Bonchev–Trinajstić information content (AvgIpc) is 2.89. The van der Waals surface area contributed by atoms with Gasteiger partial charge in [-0.1, -0.05) is 6.07 Å². The summed E-state index contributed by atoms with van der Waals surface area (Å²) in [6.07, 6.45) is 3.36. The minimum atomic E-state index is -0.601. The zero-order valence-electron chi connectivity index (χ0n) is 16.6. The monoisotopic (exact) mass is 392 g/mol. The van der Waals surface area contributed by atoms with E-state index in [1.807, 2.05) is 13.8 Å². The molecule has 0 unspecified atom stereocenters. The first kappa shape index (κ1) is 17.5. The molecule has 0 bridgehead atoms. The minimum Gasteiger partial charge on any atom is -0.494 e. The first-order valence-electron chi connectivity index (χ1n) is 9.27. The number of hydrogen-bond acceptors (Lipinski definition) is 5. The molecular formula is C21H20N4O4. The number of rotatable bonds is 2. The fourth-order valence-corrected chi connectivity index (χ4v) is 4.09. The number of hydrogen-bond donors (Lipinski definition) is 0. The maximum atomic E-state index is 13.1. The first-order valence-corrected chi connectivity index (χ1v) is 9.27. The summed E-state index contributed by atoms with van der Waals surface area (Å²) in [4.78, 5) is 30.2. The van der Waals surface area contributed by atoms with Gasteiger partial charge in [0.25, 0.3) is 5.56 Å². The Morgan fingerprint density at radius 3 is 2.76 bits per heavy atom. The quantitative estimate of drug-likeness (QED) is 0.522. The second-order valence-corrected chi connectivity index (χ2v) is 7.83. The first-order chi connectivity index (χ1) is 13.8. The van der Waals surface area contributed by atoms with Gasteiger partial charge in [0.05, 0.1) is 40.8 Å². The van der Waals surface area contributed by atoms with Gasteiger partial charge in [-0.3, -0.25) is 23.5 Å². The van der Waals surface area contributed by atoms with Crippen molar-refractivity contribution in [2.45, 2.75) is 19.4 Å². The maximum Gasteiger partial charge on any atom is 0.329 e. The summed E-state index contributed by atoms with van der Waals surface area (Å²) in [5, 5.41) is 0.692. The molecule has 4 aromatic rings. The van der Waals surface area contributed by atoms with Gasteiger partial charge in [-0.15, -0.1) is 0 Å². The van der Waals surface area contributed by atoms with Crippen LogP contribution in [-0.4, -0.2) is 32.4 Å². The van der Waals surface area contributed by atoms with Gasteiger partial charge in [0, 0.05) is 25.4 Å². The Hall–Kier alpha value is -3.55. The molecule has 0 N–H and O–H groups in total. The van der Waals surface area contributed by atoms with Crippen LogP contribution < -0.4 is 20.7 Å². The topological polar surface area (TPSA) is 80.3 Å². The van der Waals surface area contributed by atoms with Gasteiger partial charge >= 0.3 is 5.69 Å². The van der Waals surface area contributed by atoms with E-state index in [0.29, 0.717) is 33.6 Å². The molecule has 8 nitrogen and oxygen atoms in total. The number of imidazole rings is 1. The molecule has 29 heavy (non-hydrogen) atoms. The molecule has 0 atom stereocenters. The summed E-state index contributed by atoms with van der Waals surface area (Å²) >= 11 is 0. The Balaban J connectivity index is 2.07. The molecule has 0 saturated heterocycles. The smallest absolute Gasteiger partial charge is 0.329 e. The number of aryl methyl sites for hydroxylation is 1. The summed E-state index contributed by atoms with van der Waals surface area (Å²) in [7, 11) is 3.28. The van der Waals surface area contributed by atoms with E-state index in [2.05, 4.69) is 4.98 Å². The van der Waals surface area contributed by atoms with Crippen molar-refractivity contribution in [3.05, 3.63) is 57.5 Å². The summed E-state index contributed by atoms with van der Waals surface area (Å²) in [6.45, 7) is 4.16. The van der Waals surface area contributed by atoms with Crippen molar-refractivity contribution in [1.29, 1.82) is 0 Å². The lowest BCUT2D eigenvalue weighted by molar-refractivity contribution is 0.188. The van der Waals surface area contributed by atoms with Crippen molar-refractivity contribution in [1.82, 2.24) is 18.7 Å². The van der Waals surface area contributed by atoms with E-state index < -0.39 is 5.54 Å². The average molecular weight is 392 g/mol. The van der Waals surface area contributed by atoms with E-state index in [9.17, 15) is 9.59 Å². The van der Waals surface area contributed by atoms with Crippen LogP contribution in [0.4, 0.5) is 0 Å². The molecule has 3 aromatic heterocycles. The molecule has 0 radical (unpaired) electrons. The Morgan fingerprint density at radius 1 is 1.24 bits per heavy atom. The zero-order chi connectivity index (χ0) is 20.5. The SMILES string of the molecule is COc1cc2ncc3c4c2c(c1-n1ccccc1=O)OCC(C)(C)n4c(=O)n3C. The van der Waals surface area contributed by atoms with Gasteiger partial charge in [-0.25, -0.2) is 4.79 Å². The fourth-order valence-electron chi connectivity index (χ4n) is 4.09. The van der Waals surface area contributed by atoms with Crippen LogP contribution in [0.1, 0.15) is 13.8 Å². The van der Waals surface area contributed by atoms with Crippen molar-refractivity contribution >= 4 is 21.9 Å². The van der Waals surface area contributed by atoms with Gasteiger partial charge in [-0.05, 0) is 19.9 Å². The maximum absolute atomic E-state index is 13.1. The van der Waals surface area contributed by atoms with Crippen LogP contribution in [-0.2, 0) is 12.6 Å². The molecule has 0 spiro atoms. The molecule has 5 rings (SSSR count). The molecule has 1 aliphatic heterocycles. The van der Waals surface area contributed by atoms with Crippen LogP contribution in [0.25, 0.3) is 27.6 Å². The third-order valence-corrected chi connectivity index (χ3v) is 5.53. The largest absolute Gasteiger partial charge is 0.494 e. The van der Waals surface area contributed by atoms with E-state index in [0.717, 1.165) is 5.52 Å². The van der Waals surface area contributed by atoms with Crippen LogP contribution in [0.5, 0.6) is 11.5 Å². The number of methoxy groups -OCH3 is 1. The van der Waals surface area contributed by atoms with E-state index in [4.69, 9.17) is 9.47 Å². The fraction of sp³-hybridized carbons (Fsp3) is 0.286. The van der Waals surface area contributed by atoms with Crippen molar-refractivity contribution < 1.29 is 9.47 Å². The lowest BCUT2D eigenvalue weighted by Crippen LogP contribution is -2.40. The number of aromatic nitrogens is 4. The van der Waals surface area contributed by atoms with Gasteiger partial charge < -0.3 is 9.47 Å². The van der Waals surface area contributed by atoms with Crippen LogP contribution in [0.2, 0.25) is 0 Å². The molecule has 0 amide bonds. The van der Waals surface area contributed by atoms with Crippen LogP contribution >= 0.6 is 0 Å². The molecule has 4 heterocycles. The Kier molecular flexibility index (Phi) is 3.46. The molecule has 1 aromatic carbocycles. The van der Waals surface area contributed by atoms with Crippen molar-refractivity contribution in [3.8, 4) is 17.2 Å². The van der Waals surface area contributed by atoms with Gasteiger partial charge in [0.15, 0.2) is 5.75 Å². The number of nitrogens with zero attached hydrogens (tertiary/aromatic N) is 4. The van der Waals surface area contributed by atoms with Crippen molar-refractivity contribution in [2.75, 3.05) is 13.7 Å². The van der Waals surface area contributed by atoms with E-state index in [1.54, 1.807) is 53.9 Å². The van der Waals surface area contributed by atoms with E-state index in [-0.39, 0.29) is 17.9 Å². The highest BCUT2D eigenvalue weighted by Crippen LogP contribution is 2.44. The van der Waals surface area contributed by atoms with Gasteiger partial charge in [0.2, 0.25) is 0 Å².